The Kier molecular flexibility index (Phi) is 3.94. The SMILES string of the molecule is C=C(C(=O)OC)N1CCN(c2cccc(N)c2)CC1. The Morgan fingerprint density at radius 1 is 1.32 bits per heavy atom. The summed E-state index contributed by atoms with van der Waals surface area (Å²) in [5, 5.41) is 0. The van der Waals surface area contributed by atoms with Crippen LogP contribution < -0.4 is 10.6 Å². The van der Waals surface area contributed by atoms with Crippen molar-refractivity contribution in [2.75, 3.05) is 43.9 Å². The van der Waals surface area contributed by atoms with Crippen LogP contribution in [0.5, 0.6) is 0 Å². The third kappa shape index (κ3) is 2.99. The molecule has 1 aliphatic rings. The molecule has 0 aliphatic carbocycles. The average molecular weight is 261 g/mol. The molecule has 0 unspecified atom stereocenters. The van der Waals surface area contributed by atoms with E-state index in [4.69, 9.17) is 5.73 Å². The van der Waals surface area contributed by atoms with Crippen LogP contribution in [0.25, 0.3) is 0 Å². The monoisotopic (exact) mass is 261 g/mol. The molecule has 5 heteroatoms. The lowest BCUT2D eigenvalue weighted by Crippen LogP contribution is -2.46. The molecule has 102 valence electrons. The lowest BCUT2D eigenvalue weighted by atomic mass is 10.2. The third-order valence-corrected chi connectivity index (χ3v) is 3.32. The van der Waals surface area contributed by atoms with Crippen molar-refractivity contribution in [2.45, 2.75) is 0 Å². The minimum atomic E-state index is -0.364. The summed E-state index contributed by atoms with van der Waals surface area (Å²) in [4.78, 5) is 15.6. The van der Waals surface area contributed by atoms with E-state index in [1.54, 1.807) is 0 Å². The van der Waals surface area contributed by atoms with Crippen molar-refractivity contribution in [1.82, 2.24) is 4.90 Å². The van der Waals surface area contributed by atoms with E-state index in [0.717, 1.165) is 37.6 Å². The Morgan fingerprint density at radius 2 is 2.00 bits per heavy atom. The van der Waals surface area contributed by atoms with Gasteiger partial charge in [0.05, 0.1) is 7.11 Å². The molecule has 1 fully saturated rings. The Labute approximate surface area is 113 Å². The van der Waals surface area contributed by atoms with Crippen molar-refractivity contribution in [2.24, 2.45) is 0 Å². The van der Waals surface area contributed by atoms with Gasteiger partial charge < -0.3 is 20.3 Å². The van der Waals surface area contributed by atoms with Crippen LogP contribution in [0.15, 0.2) is 36.5 Å². The summed E-state index contributed by atoms with van der Waals surface area (Å²) < 4.78 is 4.68. The van der Waals surface area contributed by atoms with Crippen molar-refractivity contribution in [3.63, 3.8) is 0 Å². The highest BCUT2D eigenvalue weighted by Crippen LogP contribution is 2.20. The van der Waals surface area contributed by atoms with Crippen molar-refractivity contribution >= 4 is 17.3 Å². The zero-order valence-electron chi connectivity index (χ0n) is 11.1. The van der Waals surface area contributed by atoms with Crippen LogP contribution in [-0.2, 0) is 9.53 Å². The van der Waals surface area contributed by atoms with Crippen molar-refractivity contribution < 1.29 is 9.53 Å². The second-order valence-corrected chi connectivity index (χ2v) is 4.51. The second kappa shape index (κ2) is 5.65. The standard InChI is InChI=1S/C14H19N3O2/c1-11(14(18)19-2)16-6-8-17(9-7-16)13-5-3-4-12(15)10-13/h3-5,10H,1,6-9,15H2,2H3. The number of nitrogens with zero attached hydrogens (tertiary/aromatic N) is 2. The zero-order valence-corrected chi connectivity index (χ0v) is 11.1. The van der Waals surface area contributed by atoms with E-state index in [1.165, 1.54) is 7.11 Å². The number of methoxy groups -OCH3 is 1. The van der Waals surface area contributed by atoms with E-state index < -0.39 is 0 Å². The molecule has 19 heavy (non-hydrogen) atoms. The quantitative estimate of drug-likeness (QED) is 0.501. The first-order valence-electron chi connectivity index (χ1n) is 6.24. The van der Waals surface area contributed by atoms with Crippen molar-refractivity contribution in [3.05, 3.63) is 36.5 Å². The summed E-state index contributed by atoms with van der Waals surface area (Å²) in [6.07, 6.45) is 0. The highest BCUT2D eigenvalue weighted by molar-refractivity contribution is 5.86. The number of rotatable bonds is 3. The van der Waals surface area contributed by atoms with Gasteiger partial charge in [-0.2, -0.15) is 0 Å². The number of nitrogens with two attached hydrogens (primary N) is 1. The molecule has 2 rings (SSSR count). The first-order chi connectivity index (χ1) is 9.11. The van der Waals surface area contributed by atoms with E-state index in [0.29, 0.717) is 5.70 Å². The molecule has 1 heterocycles. The fourth-order valence-corrected chi connectivity index (χ4v) is 2.20. The van der Waals surface area contributed by atoms with Gasteiger partial charge in [0.15, 0.2) is 0 Å². The number of hydrogen-bond donors (Lipinski definition) is 1. The highest BCUT2D eigenvalue weighted by Gasteiger charge is 2.21. The van der Waals surface area contributed by atoms with Gasteiger partial charge in [-0.05, 0) is 18.2 Å². The number of nitrogen functional groups attached to an aromatic ring is 1. The molecule has 0 saturated carbocycles. The zero-order chi connectivity index (χ0) is 13.8. The minimum Gasteiger partial charge on any atom is -0.464 e. The maximum atomic E-state index is 11.4. The summed E-state index contributed by atoms with van der Waals surface area (Å²) in [6, 6.07) is 7.83. The number of anilines is 2. The average Bonchev–Trinajstić information content (AvgIpc) is 2.46. The van der Waals surface area contributed by atoms with E-state index in [1.807, 2.05) is 29.2 Å². The first-order valence-corrected chi connectivity index (χ1v) is 6.24. The smallest absolute Gasteiger partial charge is 0.353 e. The highest BCUT2D eigenvalue weighted by atomic mass is 16.5. The maximum absolute atomic E-state index is 11.4. The predicted molar refractivity (Wildman–Crippen MR) is 75.8 cm³/mol. The normalized spacial score (nSPS) is 15.2. The second-order valence-electron chi connectivity index (χ2n) is 4.51. The molecule has 2 N–H and O–H groups in total. The number of carbonyl (C=O) groups is 1. The number of benzene rings is 1. The molecule has 1 aromatic carbocycles. The summed E-state index contributed by atoms with van der Waals surface area (Å²) >= 11 is 0. The van der Waals surface area contributed by atoms with Crippen LogP contribution in [0.2, 0.25) is 0 Å². The Balaban J connectivity index is 1.96. The molecule has 1 aliphatic heterocycles. The molecule has 0 aromatic heterocycles. The summed E-state index contributed by atoms with van der Waals surface area (Å²) in [5.41, 5.74) is 8.09. The van der Waals surface area contributed by atoms with E-state index in [2.05, 4.69) is 16.2 Å². The molecule has 5 nitrogen and oxygen atoms in total. The topological polar surface area (TPSA) is 58.8 Å². The van der Waals surface area contributed by atoms with E-state index >= 15 is 0 Å². The lowest BCUT2D eigenvalue weighted by Gasteiger charge is -2.37. The lowest BCUT2D eigenvalue weighted by molar-refractivity contribution is -0.137. The van der Waals surface area contributed by atoms with Gasteiger partial charge in [0.25, 0.3) is 0 Å². The molecule has 0 spiro atoms. The Hall–Kier alpha value is -2.17. The summed E-state index contributed by atoms with van der Waals surface area (Å²) in [7, 11) is 1.37. The number of piperazine rings is 1. The fourth-order valence-electron chi connectivity index (χ4n) is 2.20. The van der Waals surface area contributed by atoms with Gasteiger partial charge in [0, 0.05) is 37.6 Å². The van der Waals surface area contributed by atoms with Gasteiger partial charge in [-0.1, -0.05) is 12.6 Å². The summed E-state index contributed by atoms with van der Waals surface area (Å²) in [5.74, 6) is -0.364. The minimum absolute atomic E-state index is 0.364. The maximum Gasteiger partial charge on any atom is 0.353 e. The summed E-state index contributed by atoms with van der Waals surface area (Å²) in [6.45, 7) is 6.94. The van der Waals surface area contributed by atoms with Gasteiger partial charge in [-0.25, -0.2) is 4.79 Å². The van der Waals surface area contributed by atoms with Crippen LogP contribution in [-0.4, -0.2) is 44.2 Å². The van der Waals surface area contributed by atoms with Crippen molar-refractivity contribution in [1.29, 1.82) is 0 Å². The van der Waals surface area contributed by atoms with Crippen LogP contribution >= 0.6 is 0 Å². The molecule has 0 radical (unpaired) electrons. The van der Waals surface area contributed by atoms with E-state index in [-0.39, 0.29) is 5.97 Å². The van der Waals surface area contributed by atoms with Gasteiger partial charge in [0.2, 0.25) is 0 Å². The van der Waals surface area contributed by atoms with Gasteiger partial charge >= 0.3 is 5.97 Å². The third-order valence-electron chi connectivity index (χ3n) is 3.32. The number of hydrogen-bond acceptors (Lipinski definition) is 5. The van der Waals surface area contributed by atoms with Crippen LogP contribution in [0.4, 0.5) is 11.4 Å². The molecule has 1 aromatic rings. The Morgan fingerprint density at radius 3 is 2.58 bits per heavy atom. The predicted octanol–water partition coefficient (Wildman–Crippen LogP) is 1.08. The molecule has 1 saturated heterocycles. The number of ether oxygens (including phenoxy) is 1. The number of esters is 1. The van der Waals surface area contributed by atoms with Crippen LogP contribution in [0.1, 0.15) is 0 Å². The van der Waals surface area contributed by atoms with Crippen LogP contribution in [0, 0.1) is 0 Å². The fraction of sp³-hybridized carbons (Fsp3) is 0.357. The first kappa shape index (κ1) is 13.3. The van der Waals surface area contributed by atoms with Gasteiger partial charge in [0.1, 0.15) is 5.70 Å². The molecular formula is C14H19N3O2. The molecule has 0 amide bonds. The molecule has 0 bridgehead atoms. The Bertz CT molecular complexity index is 479. The van der Waals surface area contributed by atoms with Gasteiger partial charge in [-0.15, -0.1) is 0 Å². The van der Waals surface area contributed by atoms with E-state index in [9.17, 15) is 4.79 Å². The molecular weight excluding hydrogens is 242 g/mol. The van der Waals surface area contributed by atoms with Gasteiger partial charge in [-0.3, -0.25) is 0 Å². The molecule has 0 atom stereocenters. The van der Waals surface area contributed by atoms with Crippen molar-refractivity contribution in [3.8, 4) is 0 Å². The number of carbonyl (C=O) groups excluding carboxylic acids is 1. The van der Waals surface area contributed by atoms with Crippen LogP contribution in [0.3, 0.4) is 0 Å². The largest absolute Gasteiger partial charge is 0.464 e.